The molecule has 0 aliphatic heterocycles. The number of allylic oxidation sites excluding steroid dienone is 2. The second-order valence-electron chi connectivity index (χ2n) is 4.99. The molecule has 1 saturated carbocycles. The highest BCUT2D eigenvalue weighted by Crippen LogP contribution is 2.52. The van der Waals surface area contributed by atoms with Crippen molar-refractivity contribution in [2.24, 2.45) is 11.8 Å². The van der Waals surface area contributed by atoms with Crippen molar-refractivity contribution in [3.8, 4) is 0 Å². The number of pyridine rings is 1. The second kappa shape index (κ2) is 2.94. The summed E-state index contributed by atoms with van der Waals surface area (Å²) < 4.78 is 0. The van der Waals surface area contributed by atoms with Crippen LogP contribution in [0.2, 0.25) is 0 Å². The fourth-order valence-corrected chi connectivity index (χ4v) is 2.82. The molecule has 1 aromatic carbocycles. The zero-order chi connectivity index (χ0) is 10.5. The largest absolute Gasteiger partial charge is 0.264 e. The maximum atomic E-state index is 4.18. The Morgan fingerprint density at radius 1 is 1.12 bits per heavy atom. The first-order valence-electron chi connectivity index (χ1n) is 5.95. The number of hydrogen-bond acceptors (Lipinski definition) is 1. The van der Waals surface area contributed by atoms with Gasteiger partial charge in [0.05, 0.1) is 0 Å². The standard InChI is InChI=1S/C15H13N/c1-2-11(12-6-13-8-14(13)7-12)5-15-9-16-4-3-10(1)15/h1-6,9,13-14H,7-8H2. The van der Waals surface area contributed by atoms with E-state index in [0.29, 0.717) is 0 Å². The Morgan fingerprint density at radius 3 is 3.00 bits per heavy atom. The SMILES string of the molecule is C1=C(c2ccc3ccncc3c2)CC2CC12. The minimum absolute atomic E-state index is 0.902. The number of fused-ring (bicyclic) bond motifs is 2. The number of aromatic nitrogens is 1. The molecule has 16 heavy (non-hydrogen) atoms. The van der Waals surface area contributed by atoms with Crippen molar-refractivity contribution in [3.05, 3.63) is 48.3 Å². The molecule has 1 nitrogen and oxygen atoms in total. The molecule has 0 N–H and O–H groups in total. The average Bonchev–Trinajstić information content (AvgIpc) is 2.96. The lowest BCUT2D eigenvalue weighted by Crippen LogP contribution is -1.84. The summed E-state index contributed by atoms with van der Waals surface area (Å²) in [7, 11) is 0. The van der Waals surface area contributed by atoms with Crippen LogP contribution in [0.25, 0.3) is 16.3 Å². The van der Waals surface area contributed by atoms with Crippen molar-refractivity contribution in [1.82, 2.24) is 4.98 Å². The fraction of sp³-hybridized carbons (Fsp3) is 0.267. The highest BCUT2D eigenvalue weighted by Gasteiger charge is 2.40. The molecular weight excluding hydrogens is 194 g/mol. The molecule has 2 atom stereocenters. The number of nitrogens with zero attached hydrogens (tertiary/aromatic N) is 1. The molecule has 2 aliphatic carbocycles. The molecule has 1 fully saturated rings. The van der Waals surface area contributed by atoms with E-state index in [2.05, 4.69) is 35.3 Å². The van der Waals surface area contributed by atoms with Crippen LogP contribution in [-0.2, 0) is 0 Å². The number of rotatable bonds is 1. The van der Waals surface area contributed by atoms with Crippen molar-refractivity contribution < 1.29 is 0 Å². The lowest BCUT2D eigenvalue weighted by molar-refractivity contribution is 0.863. The highest BCUT2D eigenvalue weighted by molar-refractivity contribution is 5.86. The fourth-order valence-electron chi connectivity index (χ4n) is 2.82. The topological polar surface area (TPSA) is 12.9 Å². The minimum Gasteiger partial charge on any atom is -0.264 e. The summed E-state index contributed by atoms with van der Waals surface area (Å²) in [5, 5.41) is 2.53. The van der Waals surface area contributed by atoms with Gasteiger partial charge in [-0.1, -0.05) is 18.2 Å². The summed E-state index contributed by atoms with van der Waals surface area (Å²) in [6.45, 7) is 0. The van der Waals surface area contributed by atoms with E-state index in [9.17, 15) is 0 Å². The van der Waals surface area contributed by atoms with Gasteiger partial charge in [-0.2, -0.15) is 0 Å². The van der Waals surface area contributed by atoms with Crippen LogP contribution < -0.4 is 0 Å². The van der Waals surface area contributed by atoms with Crippen LogP contribution in [0.4, 0.5) is 0 Å². The van der Waals surface area contributed by atoms with E-state index in [4.69, 9.17) is 0 Å². The van der Waals surface area contributed by atoms with Gasteiger partial charge in [-0.15, -0.1) is 0 Å². The normalized spacial score (nSPS) is 26.6. The van der Waals surface area contributed by atoms with Gasteiger partial charge in [0.25, 0.3) is 0 Å². The van der Waals surface area contributed by atoms with Gasteiger partial charge in [0.2, 0.25) is 0 Å². The van der Waals surface area contributed by atoms with E-state index in [-0.39, 0.29) is 0 Å². The van der Waals surface area contributed by atoms with Crippen LogP contribution in [0.15, 0.2) is 42.7 Å². The van der Waals surface area contributed by atoms with Crippen molar-refractivity contribution >= 4 is 16.3 Å². The third kappa shape index (κ3) is 1.21. The third-order valence-corrected chi connectivity index (χ3v) is 3.89. The van der Waals surface area contributed by atoms with Gasteiger partial charge in [0.1, 0.15) is 0 Å². The van der Waals surface area contributed by atoms with Crippen LogP contribution in [-0.4, -0.2) is 4.98 Å². The van der Waals surface area contributed by atoms with E-state index >= 15 is 0 Å². The van der Waals surface area contributed by atoms with E-state index in [1.54, 1.807) is 5.57 Å². The molecule has 0 saturated heterocycles. The Kier molecular flexibility index (Phi) is 1.57. The minimum atomic E-state index is 0.902. The molecule has 78 valence electrons. The molecule has 1 aromatic heterocycles. The number of hydrogen-bond donors (Lipinski definition) is 0. The van der Waals surface area contributed by atoms with Crippen molar-refractivity contribution in [3.63, 3.8) is 0 Å². The van der Waals surface area contributed by atoms with Gasteiger partial charge in [-0.25, -0.2) is 0 Å². The van der Waals surface area contributed by atoms with Gasteiger partial charge in [-0.05, 0) is 53.3 Å². The Hall–Kier alpha value is -1.63. The van der Waals surface area contributed by atoms with Crippen LogP contribution in [0.1, 0.15) is 18.4 Å². The first kappa shape index (κ1) is 8.51. The zero-order valence-electron chi connectivity index (χ0n) is 9.06. The van der Waals surface area contributed by atoms with Crippen LogP contribution >= 0.6 is 0 Å². The average molecular weight is 207 g/mol. The maximum Gasteiger partial charge on any atom is 0.0346 e. The number of benzene rings is 1. The molecule has 2 aromatic rings. The predicted molar refractivity (Wildman–Crippen MR) is 65.9 cm³/mol. The third-order valence-electron chi connectivity index (χ3n) is 3.89. The van der Waals surface area contributed by atoms with Crippen LogP contribution in [0.3, 0.4) is 0 Å². The summed E-state index contributed by atoms with van der Waals surface area (Å²) in [6.07, 6.45) is 9.00. The van der Waals surface area contributed by atoms with Gasteiger partial charge in [0.15, 0.2) is 0 Å². The summed E-state index contributed by atoms with van der Waals surface area (Å²) >= 11 is 0. The molecule has 2 aliphatic rings. The summed E-state index contributed by atoms with van der Waals surface area (Å²) in [5.74, 6) is 1.87. The van der Waals surface area contributed by atoms with E-state index in [1.807, 2.05) is 12.4 Å². The van der Waals surface area contributed by atoms with Crippen molar-refractivity contribution in [1.29, 1.82) is 0 Å². The van der Waals surface area contributed by atoms with Crippen molar-refractivity contribution in [2.75, 3.05) is 0 Å². The van der Waals surface area contributed by atoms with Crippen LogP contribution in [0, 0.1) is 11.8 Å². The van der Waals surface area contributed by atoms with E-state index < -0.39 is 0 Å². The van der Waals surface area contributed by atoms with Gasteiger partial charge in [0, 0.05) is 17.8 Å². The quantitative estimate of drug-likeness (QED) is 0.695. The smallest absolute Gasteiger partial charge is 0.0346 e. The summed E-state index contributed by atoms with van der Waals surface area (Å²) in [5.41, 5.74) is 2.94. The lowest BCUT2D eigenvalue weighted by atomic mass is 10.0. The van der Waals surface area contributed by atoms with Crippen molar-refractivity contribution in [2.45, 2.75) is 12.8 Å². The molecule has 1 heterocycles. The molecule has 0 bridgehead atoms. The molecule has 0 amide bonds. The Balaban J connectivity index is 1.83. The highest BCUT2D eigenvalue weighted by atomic mass is 14.6. The molecule has 1 heteroatoms. The molecule has 2 unspecified atom stereocenters. The summed E-state index contributed by atoms with van der Waals surface area (Å²) in [6, 6.07) is 8.80. The van der Waals surface area contributed by atoms with Gasteiger partial charge < -0.3 is 0 Å². The second-order valence-corrected chi connectivity index (χ2v) is 4.99. The van der Waals surface area contributed by atoms with Crippen LogP contribution in [0.5, 0.6) is 0 Å². The first-order chi connectivity index (χ1) is 7.90. The predicted octanol–water partition coefficient (Wildman–Crippen LogP) is 3.66. The molecular formula is C15H13N. The lowest BCUT2D eigenvalue weighted by Gasteiger charge is -2.05. The summed E-state index contributed by atoms with van der Waals surface area (Å²) in [4.78, 5) is 4.18. The Bertz CT molecular complexity index is 597. The maximum absolute atomic E-state index is 4.18. The van der Waals surface area contributed by atoms with Gasteiger partial charge >= 0.3 is 0 Å². The zero-order valence-corrected chi connectivity index (χ0v) is 9.06. The monoisotopic (exact) mass is 207 g/mol. The van der Waals surface area contributed by atoms with E-state index in [1.165, 1.54) is 29.2 Å². The Morgan fingerprint density at radius 2 is 2.12 bits per heavy atom. The molecule has 0 radical (unpaired) electrons. The molecule has 4 rings (SSSR count). The van der Waals surface area contributed by atoms with E-state index in [0.717, 1.165) is 11.8 Å². The molecule has 0 spiro atoms. The first-order valence-corrected chi connectivity index (χ1v) is 5.95. The van der Waals surface area contributed by atoms with Gasteiger partial charge in [-0.3, -0.25) is 4.98 Å². The Labute approximate surface area is 94.8 Å².